The van der Waals surface area contributed by atoms with Crippen molar-refractivity contribution in [3.8, 4) is 5.88 Å². The molecule has 1 atom stereocenters. The summed E-state index contributed by atoms with van der Waals surface area (Å²) in [7, 11) is 3.38. The van der Waals surface area contributed by atoms with Gasteiger partial charge >= 0.3 is 0 Å². The van der Waals surface area contributed by atoms with Gasteiger partial charge < -0.3 is 19.7 Å². The molecule has 0 saturated carbocycles. The molecule has 1 aliphatic heterocycles. The number of aliphatic imine (C=N–C) groups is 1. The van der Waals surface area contributed by atoms with Crippen molar-refractivity contribution in [2.75, 3.05) is 40.5 Å². The third-order valence-electron chi connectivity index (χ3n) is 3.74. The van der Waals surface area contributed by atoms with E-state index in [-0.39, 0.29) is 0 Å². The maximum absolute atomic E-state index is 5.26. The van der Waals surface area contributed by atoms with Crippen molar-refractivity contribution in [3.05, 3.63) is 23.9 Å². The van der Waals surface area contributed by atoms with Crippen molar-refractivity contribution in [1.29, 1.82) is 0 Å². The Morgan fingerprint density at radius 3 is 2.95 bits per heavy atom. The van der Waals surface area contributed by atoms with Gasteiger partial charge in [-0.3, -0.25) is 0 Å². The highest BCUT2D eigenvalue weighted by Gasteiger charge is 2.24. The molecule has 22 heavy (non-hydrogen) atoms. The summed E-state index contributed by atoms with van der Waals surface area (Å²) in [4.78, 5) is 11.2. The van der Waals surface area contributed by atoms with E-state index in [0.717, 1.165) is 44.2 Å². The molecule has 1 aromatic rings. The van der Waals surface area contributed by atoms with Crippen LogP contribution in [0.2, 0.25) is 0 Å². The van der Waals surface area contributed by atoms with E-state index in [1.165, 1.54) is 0 Å². The van der Waals surface area contributed by atoms with Gasteiger partial charge in [0.1, 0.15) is 0 Å². The van der Waals surface area contributed by atoms with Gasteiger partial charge in [-0.05, 0) is 18.9 Å². The van der Waals surface area contributed by atoms with Gasteiger partial charge in [-0.15, -0.1) is 0 Å². The van der Waals surface area contributed by atoms with Crippen molar-refractivity contribution >= 4 is 5.96 Å². The summed E-state index contributed by atoms with van der Waals surface area (Å²) >= 11 is 0. The predicted molar refractivity (Wildman–Crippen MR) is 87.2 cm³/mol. The Labute approximate surface area is 132 Å². The summed E-state index contributed by atoms with van der Waals surface area (Å²) in [6, 6.07) is 3.86. The molecule has 6 nitrogen and oxygen atoms in total. The van der Waals surface area contributed by atoms with Crippen molar-refractivity contribution in [1.82, 2.24) is 15.2 Å². The molecule has 0 aromatic carbocycles. The van der Waals surface area contributed by atoms with Crippen LogP contribution in [-0.4, -0.2) is 56.3 Å². The smallest absolute Gasteiger partial charge is 0.212 e. The minimum absolute atomic E-state index is 0.594. The summed E-state index contributed by atoms with van der Waals surface area (Å²) in [5.74, 6) is 2.19. The van der Waals surface area contributed by atoms with E-state index in [1.807, 2.05) is 18.3 Å². The number of pyridine rings is 1. The molecule has 6 heteroatoms. The van der Waals surface area contributed by atoms with Crippen LogP contribution in [0.3, 0.4) is 0 Å². The van der Waals surface area contributed by atoms with E-state index >= 15 is 0 Å². The molecule has 1 unspecified atom stereocenters. The summed E-state index contributed by atoms with van der Waals surface area (Å²) in [6.07, 6.45) is 2.96. The van der Waals surface area contributed by atoms with E-state index in [2.05, 4.69) is 22.1 Å². The number of guanidine groups is 1. The normalized spacial score (nSPS) is 18.6. The molecule has 1 N–H and O–H groups in total. The molecule has 0 spiro atoms. The van der Waals surface area contributed by atoms with Crippen LogP contribution in [0.15, 0.2) is 23.3 Å². The van der Waals surface area contributed by atoms with Crippen molar-refractivity contribution in [3.63, 3.8) is 0 Å². The number of nitrogens with one attached hydrogen (secondary N) is 1. The fourth-order valence-corrected chi connectivity index (χ4v) is 2.61. The van der Waals surface area contributed by atoms with Crippen LogP contribution in [0, 0.1) is 5.92 Å². The number of aromatic nitrogens is 1. The monoisotopic (exact) mass is 306 g/mol. The number of rotatable bonds is 6. The minimum atomic E-state index is 0.594. The van der Waals surface area contributed by atoms with Crippen molar-refractivity contribution < 1.29 is 9.47 Å². The number of hydrogen-bond acceptors (Lipinski definition) is 4. The second-order valence-electron chi connectivity index (χ2n) is 5.44. The minimum Gasteiger partial charge on any atom is -0.481 e. The molecule has 0 aliphatic carbocycles. The highest BCUT2D eigenvalue weighted by molar-refractivity contribution is 5.80. The standard InChI is InChI=1S/C16H26N4O2/c1-4-17-16(20-8-7-14(11-20)12-21-2)19-10-13-5-6-15(22-3)18-9-13/h5-6,9,14H,4,7-8,10-12H2,1-3H3,(H,17,19). The fourth-order valence-electron chi connectivity index (χ4n) is 2.61. The van der Waals surface area contributed by atoms with Gasteiger partial charge in [0.2, 0.25) is 5.88 Å². The summed E-state index contributed by atoms with van der Waals surface area (Å²) in [5, 5.41) is 3.37. The lowest BCUT2D eigenvalue weighted by Gasteiger charge is -2.21. The van der Waals surface area contributed by atoms with Gasteiger partial charge in [0.15, 0.2) is 5.96 Å². The molecule has 1 aliphatic rings. The highest BCUT2D eigenvalue weighted by atomic mass is 16.5. The van der Waals surface area contributed by atoms with E-state index in [4.69, 9.17) is 14.5 Å². The largest absolute Gasteiger partial charge is 0.481 e. The molecule has 0 radical (unpaired) electrons. The fraction of sp³-hybridized carbons (Fsp3) is 0.625. The maximum atomic E-state index is 5.26. The number of ether oxygens (including phenoxy) is 2. The molecule has 1 saturated heterocycles. The summed E-state index contributed by atoms with van der Waals surface area (Å²) in [5.41, 5.74) is 1.07. The first-order valence-corrected chi connectivity index (χ1v) is 7.78. The summed E-state index contributed by atoms with van der Waals surface area (Å²) < 4.78 is 10.3. The van der Waals surface area contributed by atoms with E-state index in [0.29, 0.717) is 18.3 Å². The topological polar surface area (TPSA) is 59.0 Å². The third kappa shape index (κ3) is 4.59. The first-order valence-electron chi connectivity index (χ1n) is 7.78. The highest BCUT2D eigenvalue weighted by Crippen LogP contribution is 2.16. The zero-order valence-corrected chi connectivity index (χ0v) is 13.7. The zero-order valence-electron chi connectivity index (χ0n) is 13.7. The van der Waals surface area contributed by atoms with Crippen LogP contribution < -0.4 is 10.1 Å². The van der Waals surface area contributed by atoms with Crippen LogP contribution in [-0.2, 0) is 11.3 Å². The predicted octanol–water partition coefficient (Wildman–Crippen LogP) is 1.52. The lowest BCUT2D eigenvalue weighted by molar-refractivity contribution is 0.157. The lowest BCUT2D eigenvalue weighted by Crippen LogP contribution is -2.40. The SMILES string of the molecule is CCNC(=NCc1ccc(OC)nc1)N1CCC(COC)C1. The van der Waals surface area contributed by atoms with Crippen molar-refractivity contribution in [2.24, 2.45) is 10.9 Å². The average Bonchev–Trinajstić information content (AvgIpc) is 3.01. The molecular weight excluding hydrogens is 280 g/mol. The van der Waals surface area contributed by atoms with Crippen LogP contribution >= 0.6 is 0 Å². The zero-order chi connectivity index (χ0) is 15.8. The number of likely N-dealkylation sites (tertiary alicyclic amines) is 1. The van der Waals surface area contributed by atoms with Crippen LogP contribution in [0.1, 0.15) is 18.9 Å². The summed E-state index contributed by atoms with van der Waals surface area (Å²) in [6.45, 7) is 6.42. The van der Waals surface area contributed by atoms with E-state index in [1.54, 1.807) is 14.2 Å². The van der Waals surface area contributed by atoms with Gasteiger partial charge in [-0.25, -0.2) is 9.98 Å². The Morgan fingerprint density at radius 2 is 2.32 bits per heavy atom. The molecule has 122 valence electrons. The number of hydrogen-bond donors (Lipinski definition) is 1. The van der Waals surface area contributed by atoms with E-state index < -0.39 is 0 Å². The Balaban J connectivity index is 1.97. The quantitative estimate of drug-likeness (QED) is 0.638. The van der Waals surface area contributed by atoms with Gasteiger partial charge in [0, 0.05) is 44.9 Å². The first-order chi connectivity index (χ1) is 10.8. The molecule has 1 aromatic heterocycles. The second-order valence-corrected chi connectivity index (χ2v) is 5.44. The van der Waals surface area contributed by atoms with Gasteiger partial charge in [-0.1, -0.05) is 6.07 Å². The van der Waals surface area contributed by atoms with Crippen LogP contribution in [0.25, 0.3) is 0 Å². The molecule has 1 fully saturated rings. The van der Waals surface area contributed by atoms with Gasteiger partial charge in [0.25, 0.3) is 0 Å². The molecule has 2 rings (SSSR count). The molecular formula is C16H26N4O2. The lowest BCUT2D eigenvalue weighted by atomic mass is 10.1. The van der Waals surface area contributed by atoms with E-state index in [9.17, 15) is 0 Å². The van der Waals surface area contributed by atoms with Gasteiger partial charge in [-0.2, -0.15) is 0 Å². The maximum Gasteiger partial charge on any atom is 0.212 e. The Hall–Kier alpha value is -1.82. The Kier molecular flexibility index (Phi) is 6.45. The molecule has 2 heterocycles. The average molecular weight is 306 g/mol. The van der Waals surface area contributed by atoms with Gasteiger partial charge in [0.05, 0.1) is 20.3 Å². The Bertz CT molecular complexity index is 476. The van der Waals surface area contributed by atoms with Crippen LogP contribution in [0.4, 0.5) is 0 Å². The van der Waals surface area contributed by atoms with Crippen LogP contribution in [0.5, 0.6) is 5.88 Å². The van der Waals surface area contributed by atoms with Crippen molar-refractivity contribution in [2.45, 2.75) is 19.9 Å². The number of nitrogens with zero attached hydrogens (tertiary/aromatic N) is 3. The first kappa shape index (κ1) is 16.5. The third-order valence-corrected chi connectivity index (χ3v) is 3.74. The Morgan fingerprint density at radius 1 is 1.45 bits per heavy atom. The second kappa shape index (κ2) is 8.58. The molecule has 0 amide bonds. The number of methoxy groups -OCH3 is 2. The molecule has 0 bridgehead atoms.